The average molecular weight is 419 g/mol. The van der Waals surface area contributed by atoms with Crippen LogP contribution in [0.15, 0.2) is 63.6 Å². The van der Waals surface area contributed by atoms with Crippen molar-refractivity contribution in [3.63, 3.8) is 0 Å². The molecular formula is C20H22N2O4S2. The third-order valence-electron chi connectivity index (χ3n) is 4.25. The number of nitrogens with zero attached hydrogens (tertiary/aromatic N) is 1. The van der Waals surface area contributed by atoms with Gasteiger partial charge in [0.1, 0.15) is 0 Å². The molecule has 0 aliphatic carbocycles. The zero-order chi connectivity index (χ0) is 20.1. The largest absolute Gasteiger partial charge is 0.472 e. The summed E-state index contributed by atoms with van der Waals surface area (Å²) in [5, 5.41) is 4.68. The van der Waals surface area contributed by atoms with Gasteiger partial charge in [0.05, 0.1) is 17.4 Å². The standard InChI is InChI=1S/C20H22N2O4S2/c1-3-20(23)21-17-6-7-19(15(2)11-17)28(24,25)22(12-16-8-9-26-14-16)13-18-5-4-10-27-18/h4-11,14H,3,12-13H2,1-2H3,(H,21,23). The molecule has 28 heavy (non-hydrogen) atoms. The zero-order valence-corrected chi connectivity index (χ0v) is 17.3. The van der Waals surface area contributed by atoms with Crippen molar-refractivity contribution in [2.75, 3.05) is 5.32 Å². The molecule has 2 heterocycles. The molecule has 1 N–H and O–H groups in total. The van der Waals surface area contributed by atoms with Crippen molar-refractivity contribution in [2.45, 2.75) is 38.3 Å². The quantitative estimate of drug-likeness (QED) is 0.588. The van der Waals surface area contributed by atoms with Crippen molar-refractivity contribution in [2.24, 2.45) is 0 Å². The van der Waals surface area contributed by atoms with Gasteiger partial charge in [-0.2, -0.15) is 4.31 Å². The minimum atomic E-state index is -3.75. The number of benzene rings is 1. The summed E-state index contributed by atoms with van der Waals surface area (Å²) in [4.78, 5) is 12.8. The fourth-order valence-electron chi connectivity index (χ4n) is 2.79. The van der Waals surface area contributed by atoms with Gasteiger partial charge in [-0.1, -0.05) is 13.0 Å². The molecule has 0 atom stereocenters. The molecule has 3 aromatic rings. The van der Waals surface area contributed by atoms with Crippen LogP contribution in [-0.2, 0) is 27.9 Å². The van der Waals surface area contributed by atoms with E-state index >= 15 is 0 Å². The molecule has 0 saturated carbocycles. The van der Waals surface area contributed by atoms with Crippen molar-refractivity contribution in [3.8, 4) is 0 Å². The van der Waals surface area contributed by atoms with Crippen molar-refractivity contribution >= 4 is 33.0 Å². The fraction of sp³-hybridized carbons (Fsp3) is 0.250. The molecule has 8 heteroatoms. The second-order valence-corrected chi connectivity index (χ2v) is 9.30. The van der Waals surface area contributed by atoms with Crippen LogP contribution >= 0.6 is 11.3 Å². The van der Waals surface area contributed by atoms with Crippen LogP contribution in [0.1, 0.15) is 29.3 Å². The van der Waals surface area contributed by atoms with E-state index in [0.29, 0.717) is 17.7 Å². The van der Waals surface area contributed by atoms with Gasteiger partial charge in [-0.3, -0.25) is 4.79 Å². The van der Waals surface area contributed by atoms with Gasteiger partial charge in [-0.05, 0) is 48.2 Å². The first-order valence-electron chi connectivity index (χ1n) is 8.84. The Hall–Kier alpha value is -2.42. The Kier molecular flexibility index (Phi) is 6.33. The lowest BCUT2D eigenvalue weighted by Crippen LogP contribution is -2.30. The van der Waals surface area contributed by atoms with E-state index in [9.17, 15) is 13.2 Å². The maximum Gasteiger partial charge on any atom is 0.243 e. The number of anilines is 1. The molecule has 3 rings (SSSR count). The minimum absolute atomic E-state index is 0.116. The molecule has 0 spiro atoms. The Morgan fingerprint density at radius 2 is 2.04 bits per heavy atom. The van der Waals surface area contributed by atoms with Gasteiger partial charge in [0.25, 0.3) is 0 Å². The molecule has 0 aliphatic rings. The Bertz CT molecular complexity index is 990. The van der Waals surface area contributed by atoms with Gasteiger partial charge in [0.15, 0.2) is 0 Å². The van der Waals surface area contributed by atoms with Gasteiger partial charge >= 0.3 is 0 Å². The second kappa shape index (κ2) is 8.72. The summed E-state index contributed by atoms with van der Waals surface area (Å²) in [6.45, 7) is 3.98. The normalized spacial score (nSPS) is 11.7. The summed E-state index contributed by atoms with van der Waals surface area (Å²) in [7, 11) is -3.75. The van der Waals surface area contributed by atoms with E-state index < -0.39 is 10.0 Å². The molecule has 0 unspecified atom stereocenters. The van der Waals surface area contributed by atoms with E-state index in [-0.39, 0.29) is 23.9 Å². The Morgan fingerprint density at radius 3 is 2.64 bits per heavy atom. The smallest absolute Gasteiger partial charge is 0.243 e. The maximum absolute atomic E-state index is 13.4. The van der Waals surface area contributed by atoms with Crippen molar-refractivity contribution in [3.05, 3.63) is 70.3 Å². The van der Waals surface area contributed by atoms with Gasteiger partial charge in [-0.15, -0.1) is 11.3 Å². The monoisotopic (exact) mass is 418 g/mol. The summed E-state index contributed by atoms with van der Waals surface area (Å²) in [6, 6.07) is 10.4. The highest BCUT2D eigenvalue weighted by molar-refractivity contribution is 7.89. The lowest BCUT2D eigenvalue weighted by molar-refractivity contribution is -0.115. The number of sulfonamides is 1. The first kappa shape index (κ1) is 20.3. The summed E-state index contributed by atoms with van der Waals surface area (Å²) >= 11 is 1.51. The number of carbonyl (C=O) groups is 1. The van der Waals surface area contributed by atoms with Crippen LogP contribution < -0.4 is 5.32 Å². The number of rotatable bonds is 8. The van der Waals surface area contributed by atoms with Crippen LogP contribution in [0.3, 0.4) is 0 Å². The van der Waals surface area contributed by atoms with Gasteiger partial charge < -0.3 is 9.73 Å². The van der Waals surface area contributed by atoms with E-state index in [1.807, 2.05) is 17.5 Å². The second-order valence-electron chi connectivity index (χ2n) is 6.37. The van der Waals surface area contributed by atoms with E-state index in [1.54, 1.807) is 44.4 Å². The molecule has 148 valence electrons. The van der Waals surface area contributed by atoms with E-state index in [4.69, 9.17) is 4.42 Å². The summed E-state index contributed by atoms with van der Waals surface area (Å²) < 4.78 is 33.4. The molecule has 1 aromatic carbocycles. The predicted molar refractivity (Wildman–Crippen MR) is 110 cm³/mol. The highest BCUT2D eigenvalue weighted by Crippen LogP contribution is 2.27. The predicted octanol–water partition coefficient (Wildman–Crippen LogP) is 4.39. The first-order valence-corrected chi connectivity index (χ1v) is 11.2. The Balaban J connectivity index is 1.92. The number of aryl methyl sites for hydroxylation is 1. The van der Waals surface area contributed by atoms with Gasteiger partial charge in [0, 0.05) is 35.6 Å². The summed E-state index contributed by atoms with van der Waals surface area (Å²) in [6.07, 6.45) is 3.44. The van der Waals surface area contributed by atoms with Crippen LogP contribution in [0.2, 0.25) is 0 Å². The van der Waals surface area contributed by atoms with Crippen molar-refractivity contribution in [1.82, 2.24) is 4.31 Å². The van der Waals surface area contributed by atoms with Crippen LogP contribution in [0.4, 0.5) is 5.69 Å². The van der Waals surface area contributed by atoms with Crippen LogP contribution in [0.25, 0.3) is 0 Å². The minimum Gasteiger partial charge on any atom is -0.472 e. The molecule has 0 aliphatic heterocycles. The third kappa shape index (κ3) is 4.70. The van der Waals surface area contributed by atoms with Crippen molar-refractivity contribution in [1.29, 1.82) is 0 Å². The van der Waals surface area contributed by atoms with Crippen LogP contribution in [0, 0.1) is 6.92 Å². The highest BCUT2D eigenvalue weighted by atomic mass is 32.2. The van der Waals surface area contributed by atoms with E-state index in [0.717, 1.165) is 10.4 Å². The topological polar surface area (TPSA) is 79.6 Å². The zero-order valence-electron chi connectivity index (χ0n) is 15.7. The van der Waals surface area contributed by atoms with Gasteiger partial charge in [-0.25, -0.2) is 8.42 Å². The van der Waals surface area contributed by atoms with Crippen LogP contribution in [0.5, 0.6) is 0 Å². The molecule has 0 radical (unpaired) electrons. The molecule has 0 fully saturated rings. The third-order valence-corrected chi connectivity index (χ3v) is 7.06. The fourth-order valence-corrected chi connectivity index (χ4v) is 5.21. The lowest BCUT2D eigenvalue weighted by atomic mass is 10.2. The van der Waals surface area contributed by atoms with Crippen LogP contribution in [-0.4, -0.2) is 18.6 Å². The number of thiophene rings is 1. The number of amides is 1. The number of nitrogens with one attached hydrogen (secondary N) is 1. The lowest BCUT2D eigenvalue weighted by Gasteiger charge is -2.22. The summed E-state index contributed by atoms with van der Waals surface area (Å²) in [5.74, 6) is -0.116. The molecule has 0 saturated heterocycles. The Labute approximate surface area is 168 Å². The maximum atomic E-state index is 13.4. The molecule has 2 aromatic heterocycles. The molecular weight excluding hydrogens is 396 g/mol. The number of hydrogen-bond donors (Lipinski definition) is 1. The van der Waals surface area contributed by atoms with Gasteiger partial charge in [0.2, 0.25) is 15.9 Å². The Morgan fingerprint density at radius 1 is 1.21 bits per heavy atom. The molecule has 6 nitrogen and oxygen atoms in total. The molecule has 0 bridgehead atoms. The summed E-state index contributed by atoms with van der Waals surface area (Å²) in [5.41, 5.74) is 1.95. The average Bonchev–Trinajstić information content (AvgIpc) is 3.35. The number of furan rings is 1. The number of carbonyl (C=O) groups excluding carboxylic acids is 1. The first-order chi connectivity index (χ1) is 13.4. The SMILES string of the molecule is CCC(=O)Nc1ccc(S(=O)(=O)N(Cc2ccoc2)Cc2cccs2)c(C)c1. The molecule has 1 amide bonds. The van der Waals surface area contributed by atoms with E-state index in [2.05, 4.69) is 5.32 Å². The number of hydrogen-bond acceptors (Lipinski definition) is 5. The van der Waals surface area contributed by atoms with Crippen molar-refractivity contribution < 1.29 is 17.6 Å². The van der Waals surface area contributed by atoms with E-state index in [1.165, 1.54) is 21.9 Å². The highest BCUT2D eigenvalue weighted by Gasteiger charge is 2.27.